The molecular weight excluding hydrogens is 566 g/mol. The number of fused-ring (bicyclic) bond motifs is 1. The lowest BCUT2D eigenvalue weighted by atomic mass is 9.72. The first-order valence-electron chi connectivity index (χ1n) is 13.3. The van der Waals surface area contributed by atoms with Crippen molar-refractivity contribution in [2.24, 2.45) is 5.41 Å². The zero-order chi connectivity index (χ0) is 31.0. The zero-order valence-corrected chi connectivity index (χ0v) is 23.6. The minimum absolute atomic E-state index is 0.0492. The van der Waals surface area contributed by atoms with Crippen LogP contribution >= 0.6 is 0 Å². The van der Waals surface area contributed by atoms with Crippen LogP contribution in [0.4, 0.5) is 37.8 Å². The number of aliphatic hydroxyl groups is 1. The van der Waals surface area contributed by atoms with Crippen LogP contribution in [0.15, 0.2) is 24.3 Å². The molecule has 226 valence electrons. The van der Waals surface area contributed by atoms with Gasteiger partial charge in [-0.25, -0.2) is 19.3 Å². The number of anilines is 2. The third-order valence-electron chi connectivity index (χ3n) is 7.89. The van der Waals surface area contributed by atoms with Crippen LogP contribution in [-0.2, 0) is 16.9 Å². The van der Waals surface area contributed by atoms with Gasteiger partial charge in [0.25, 0.3) is 0 Å². The summed E-state index contributed by atoms with van der Waals surface area (Å²) in [7, 11) is 0. The molecule has 0 aliphatic carbocycles. The molecule has 5 rings (SSSR count). The van der Waals surface area contributed by atoms with Crippen molar-refractivity contribution in [3.63, 3.8) is 0 Å². The number of amides is 1. The minimum atomic E-state index is -4.79. The SMILES string of the molecule is CC(=O)N1CC2(C1)CN(c1cc3c(NC(C)c4cccc(C(F)(F)C(C)(C)O)c4F)nc(C)nc3nc1C(F)(F)F)C2. The Morgan fingerprint density at radius 2 is 1.71 bits per heavy atom. The molecule has 0 bridgehead atoms. The number of alkyl halides is 5. The van der Waals surface area contributed by atoms with E-state index >= 15 is 4.39 Å². The minimum Gasteiger partial charge on any atom is -0.384 e. The van der Waals surface area contributed by atoms with Crippen molar-refractivity contribution in [1.29, 1.82) is 0 Å². The van der Waals surface area contributed by atoms with Crippen LogP contribution in [0, 0.1) is 18.2 Å². The number of likely N-dealkylation sites (tertiary alicyclic amines) is 1. The maximum atomic E-state index is 15.4. The second-order valence-electron chi connectivity index (χ2n) is 11.8. The lowest BCUT2D eigenvalue weighted by Gasteiger charge is -2.60. The molecule has 2 N–H and O–H groups in total. The molecular formula is C28H30F6N6O2. The van der Waals surface area contributed by atoms with E-state index in [4.69, 9.17) is 0 Å². The highest BCUT2D eigenvalue weighted by Crippen LogP contribution is 2.47. The molecule has 2 aliphatic rings. The van der Waals surface area contributed by atoms with E-state index in [9.17, 15) is 31.9 Å². The Labute approximate surface area is 237 Å². The molecule has 2 aromatic heterocycles. The van der Waals surface area contributed by atoms with E-state index in [1.54, 1.807) is 9.80 Å². The van der Waals surface area contributed by atoms with Gasteiger partial charge in [0.1, 0.15) is 23.1 Å². The van der Waals surface area contributed by atoms with E-state index in [0.29, 0.717) is 26.2 Å². The Morgan fingerprint density at radius 3 is 2.29 bits per heavy atom. The van der Waals surface area contributed by atoms with Crippen LogP contribution in [0.3, 0.4) is 0 Å². The zero-order valence-electron chi connectivity index (χ0n) is 23.6. The number of rotatable bonds is 6. The molecule has 1 amide bonds. The Balaban J connectivity index is 1.51. The average molecular weight is 597 g/mol. The third kappa shape index (κ3) is 4.99. The van der Waals surface area contributed by atoms with Crippen LogP contribution in [0.2, 0.25) is 0 Å². The number of carbonyl (C=O) groups is 1. The maximum absolute atomic E-state index is 15.4. The summed E-state index contributed by atoms with van der Waals surface area (Å²) >= 11 is 0. The highest BCUT2D eigenvalue weighted by molar-refractivity contribution is 5.90. The fraction of sp³-hybridized carbons (Fsp3) is 0.500. The van der Waals surface area contributed by atoms with Gasteiger partial charge < -0.3 is 20.2 Å². The molecule has 42 heavy (non-hydrogen) atoms. The van der Waals surface area contributed by atoms with Gasteiger partial charge in [0.15, 0.2) is 11.3 Å². The Bertz CT molecular complexity index is 1560. The number of carbonyl (C=O) groups excluding carboxylic acids is 1. The quantitative estimate of drug-likeness (QED) is 0.378. The van der Waals surface area contributed by atoms with Gasteiger partial charge in [-0.2, -0.15) is 22.0 Å². The lowest BCUT2D eigenvalue weighted by Crippen LogP contribution is -2.73. The number of hydrogen-bond donors (Lipinski definition) is 2. The van der Waals surface area contributed by atoms with Crippen molar-refractivity contribution in [3.05, 3.63) is 52.7 Å². The van der Waals surface area contributed by atoms with Crippen molar-refractivity contribution in [2.75, 3.05) is 36.4 Å². The lowest BCUT2D eigenvalue weighted by molar-refractivity contribution is -0.170. The fourth-order valence-corrected chi connectivity index (χ4v) is 5.57. The van der Waals surface area contributed by atoms with Crippen LogP contribution < -0.4 is 10.2 Å². The molecule has 1 spiro atoms. The summed E-state index contributed by atoms with van der Waals surface area (Å²) in [5, 5.41) is 13.0. The largest absolute Gasteiger partial charge is 0.435 e. The summed E-state index contributed by atoms with van der Waals surface area (Å²) in [6.45, 7) is 7.66. The molecule has 8 nitrogen and oxygen atoms in total. The smallest absolute Gasteiger partial charge is 0.384 e. The number of nitrogens with zero attached hydrogens (tertiary/aromatic N) is 5. The molecule has 1 atom stereocenters. The van der Waals surface area contributed by atoms with Crippen molar-refractivity contribution >= 4 is 28.4 Å². The summed E-state index contributed by atoms with van der Waals surface area (Å²) in [6, 6.07) is 3.73. The summed E-state index contributed by atoms with van der Waals surface area (Å²) in [6.07, 6.45) is -4.79. The van der Waals surface area contributed by atoms with Gasteiger partial charge in [-0.15, -0.1) is 0 Å². The van der Waals surface area contributed by atoms with Gasteiger partial charge in [0.05, 0.1) is 22.7 Å². The number of halogens is 6. The second kappa shape index (κ2) is 9.68. The number of aryl methyl sites for hydroxylation is 1. The maximum Gasteiger partial charge on any atom is 0.435 e. The second-order valence-corrected chi connectivity index (χ2v) is 11.8. The number of aromatic nitrogens is 3. The predicted octanol–water partition coefficient (Wildman–Crippen LogP) is 5.20. The molecule has 2 fully saturated rings. The molecule has 4 heterocycles. The Morgan fingerprint density at radius 1 is 1.07 bits per heavy atom. The molecule has 2 saturated heterocycles. The fourth-order valence-electron chi connectivity index (χ4n) is 5.57. The summed E-state index contributed by atoms with van der Waals surface area (Å²) in [5.41, 5.74) is -5.50. The number of pyridine rings is 1. The van der Waals surface area contributed by atoms with E-state index < -0.39 is 40.8 Å². The van der Waals surface area contributed by atoms with E-state index in [-0.39, 0.29) is 45.2 Å². The molecule has 2 aliphatic heterocycles. The van der Waals surface area contributed by atoms with Crippen molar-refractivity contribution in [1.82, 2.24) is 19.9 Å². The van der Waals surface area contributed by atoms with E-state index in [1.807, 2.05) is 0 Å². The van der Waals surface area contributed by atoms with Crippen LogP contribution in [0.5, 0.6) is 0 Å². The van der Waals surface area contributed by atoms with Gasteiger partial charge in [0.2, 0.25) is 5.91 Å². The highest BCUT2D eigenvalue weighted by Gasteiger charge is 2.54. The van der Waals surface area contributed by atoms with Crippen molar-refractivity contribution in [2.45, 2.75) is 58.4 Å². The number of benzene rings is 1. The normalized spacial score (nSPS) is 17.7. The van der Waals surface area contributed by atoms with Crippen molar-refractivity contribution in [3.8, 4) is 0 Å². The van der Waals surface area contributed by atoms with Gasteiger partial charge >= 0.3 is 12.1 Å². The summed E-state index contributed by atoms with van der Waals surface area (Å²) < 4.78 is 87.5. The van der Waals surface area contributed by atoms with E-state index in [0.717, 1.165) is 19.9 Å². The van der Waals surface area contributed by atoms with Crippen LogP contribution in [-0.4, -0.2) is 62.6 Å². The summed E-state index contributed by atoms with van der Waals surface area (Å²) in [4.78, 5) is 27.0. The first kappa shape index (κ1) is 29.8. The van der Waals surface area contributed by atoms with Gasteiger partial charge in [-0.05, 0) is 39.8 Å². The Kier molecular flexibility index (Phi) is 6.87. The standard InChI is InChI=1S/C28H30F6N6O2/c1-14(17-7-6-8-19(21(17)29)27(30,31)25(4,5)42)35-23-18-9-20(40-12-26(13-40)10-39(11-26)16(3)41)22(28(32,33)34)38-24(18)37-15(2)36-23/h6-9,14,42H,10-13H2,1-5H3,(H,35,36,37,38). The third-order valence-corrected chi connectivity index (χ3v) is 7.89. The number of nitrogens with one attached hydrogen (secondary N) is 1. The monoisotopic (exact) mass is 596 g/mol. The topological polar surface area (TPSA) is 94.5 Å². The van der Waals surface area contributed by atoms with E-state index in [2.05, 4.69) is 20.3 Å². The molecule has 0 saturated carbocycles. The van der Waals surface area contributed by atoms with Gasteiger partial charge in [-0.1, -0.05) is 12.1 Å². The molecule has 14 heteroatoms. The van der Waals surface area contributed by atoms with Gasteiger partial charge in [0, 0.05) is 44.1 Å². The highest BCUT2D eigenvalue weighted by atomic mass is 19.4. The Hall–Kier alpha value is -3.68. The molecule has 1 unspecified atom stereocenters. The molecule has 1 aromatic carbocycles. The molecule has 0 radical (unpaired) electrons. The predicted molar refractivity (Wildman–Crippen MR) is 143 cm³/mol. The first-order chi connectivity index (χ1) is 19.3. The molecule has 3 aromatic rings. The van der Waals surface area contributed by atoms with Crippen LogP contribution in [0.1, 0.15) is 56.4 Å². The van der Waals surface area contributed by atoms with Crippen molar-refractivity contribution < 1.29 is 36.2 Å². The van der Waals surface area contributed by atoms with Crippen LogP contribution in [0.25, 0.3) is 11.0 Å². The first-order valence-corrected chi connectivity index (χ1v) is 13.3. The van der Waals surface area contributed by atoms with E-state index in [1.165, 1.54) is 39.0 Å². The number of hydrogen-bond acceptors (Lipinski definition) is 7. The average Bonchev–Trinajstić information content (AvgIpc) is 2.80. The van der Waals surface area contributed by atoms with Gasteiger partial charge in [-0.3, -0.25) is 4.79 Å². The summed E-state index contributed by atoms with van der Waals surface area (Å²) in [5.74, 6) is -5.09.